The average molecular weight is 295 g/mol. The van der Waals surface area contributed by atoms with Crippen LogP contribution in [0.5, 0.6) is 5.75 Å². The summed E-state index contributed by atoms with van der Waals surface area (Å²) in [7, 11) is 0. The van der Waals surface area contributed by atoms with Gasteiger partial charge in [0.1, 0.15) is 11.8 Å². The second kappa shape index (κ2) is 7.28. The highest BCUT2D eigenvalue weighted by molar-refractivity contribution is 5.87. The van der Waals surface area contributed by atoms with Crippen molar-refractivity contribution in [2.24, 2.45) is 0 Å². The molecule has 7 nitrogen and oxygen atoms in total. The second-order valence-electron chi connectivity index (χ2n) is 4.59. The summed E-state index contributed by atoms with van der Waals surface area (Å²) < 4.78 is 5.24. The van der Waals surface area contributed by atoms with E-state index in [1.54, 1.807) is 12.1 Å². The van der Waals surface area contributed by atoms with Crippen molar-refractivity contribution in [1.82, 2.24) is 5.32 Å². The molecular weight excluding hydrogens is 278 g/mol. The van der Waals surface area contributed by atoms with Crippen molar-refractivity contribution in [2.75, 3.05) is 6.61 Å². The van der Waals surface area contributed by atoms with Crippen molar-refractivity contribution < 1.29 is 29.3 Å². The van der Waals surface area contributed by atoms with Crippen molar-refractivity contribution in [1.29, 1.82) is 0 Å². The zero-order chi connectivity index (χ0) is 16.0. The zero-order valence-corrected chi connectivity index (χ0v) is 11.8. The van der Waals surface area contributed by atoms with Gasteiger partial charge in [-0.2, -0.15) is 0 Å². The molecule has 0 aliphatic carbocycles. The van der Waals surface area contributed by atoms with Crippen molar-refractivity contribution in [2.45, 2.75) is 26.3 Å². The van der Waals surface area contributed by atoms with Gasteiger partial charge < -0.3 is 20.3 Å². The molecule has 1 amide bonds. The molecule has 0 saturated carbocycles. The van der Waals surface area contributed by atoms with Crippen LogP contribution in [0.4, 0.5) is 0 Å². The maximum absolute atomic E-state index is 11.6. The molecule has 21 heavy (non-hydrogen) atoms. The Balaban J connectivity index is 2.54. The van der Waals surface area contributed by atoms with Gasteiger partial charge in [-0.1, -0.05) is 6.07 Å². The summed E-state index contributed by atoms with van der Waals surface area (Å²) in [4.78, 5) is 32.9. The van der Waals surface area contributed by atoms with Crippen LogP contribution in [0.3, 0.4) is 0 Å². The molecule has 0 fully saturated rings. The predicted molar refractivity (Wildman–Crippen MR) is 73.2 cm³/mol. The Morgan fingerprint density at radius 3 is 2.38 bits per heavy atom. The summed E-state index contributed by atoms with van der Waals surface area (Å²) in [6, 6.07) is 3.82. The summed E-state index contributed by atoms with van der Waals surface area (Å²) in [5.41, 5.74) is 2.08. The first-order chi connectivity index (χ1) is 9.79. The van der Waals surface area contributed by atoms with Crippen LogP contribution >= 0.6 is 0 Å². The van der Waals surface area contributed by atoms with Gasteiger partial charge in [-0.05, 0) is 37.1 Å². The number of nitrogens with one attached hydrogen (secondary N) is 1. The Morgan fingerprint density at radius 2 is 1.86 bits per heavy atom. The third kappa shape index (κ3) is 5.52. The molecular formula is C14H17NO6. The molecule has 1 aromatic rings. The standard InChI is InChI=1S/C14H17NO6/c1-8-3-4-10(5-9(8)2)21-7-12(16)15-11(14(19)20)6-13(17)18/h3-5,11H,6-7H2,1-2H3,(H,15,16)(H,17,18)(H,19,20)/t11-/m0/s1. The number of carboxylic acids is 2. The van der Waals surface area contributed by atoms with Gasteiger partial charge in [0.05, 0.1) is 6.42 Å². The summed E-state index contributed by atoms with van der Waals surface area (Å²) in [6.07, 6.45) is -0.690. The van der Waals surface area contributed by atoms with Gasteiger partial charge in [0.25, 0.3) is 5.91 Å². The van der Waals surface area contributed by atoms with Gasteiger partial charge in [-0.25, -0.2) is 4.79 Å². The van der Waals surface area contributed by atoms with Crippen LogP contribution in [0, 0.1) is 13.8 Å². The largest absolute Gasteiger partial charge is 0.484 e. The number of aryl methyl sites for hydroxylation is 2. The highest BCUT2D eigenvalue weighted by Gasteiger charge is 2.23. The molecule has 0 aliphatic heterocycles. The minimum Gasteiger partial charge on any atom is -0.484 e. The predicted octanol–water partition coefficient (Wildman–Crippen LogP) is 0.726. The number of carbonyl (C=O) groups excluding carboxylic acids is 1. The maximum Gasteiger partial charge on any atom is 0.326 e. The number of amides is 1. The van der Waals surface area contributed by atoms with E-state index in [1.165, 1.54) is 0 Å². The van der Waals surface area contributed by atoms with Crippen molar-refractivity contribution in [3.05, 3.63) is 29.3 Å². The van der Waals surface area contributed by atoms with E-state index in [1.807, 2.05) is 19.9 Å². The van der Waals surface area contributed by atoms with Gasteiger partial charge in [0.2, 0.25) is 0 Å². The molecule has 0 unspecified atom stereocenters. The zero-order valence-electron chi connectivity index (χ0n) is 11.8. The number of carboxylic acid groups (broad SMARTS) is 2. The molecule has 1 aromatic carbocycles. The monoisotopic (exact) mass is 295 g/mol. The van der Waals surface area contributed by atoms with Gasteiger partial charge in [0.15, 0.2) is 6.61 Å². The van der Waals surface area contributed by atoms with E-state index in [0.29, 0.717) is 5.75 Å². The van der Waals surface area contributed by atoms with Crippen molar-refractivity contribution in [3.8, 4) is 5.75 Å². The topological polar surface area (TPSA) is 113 Å². The Bertz CT molecular complexity index is 554. The fraction of sp³-hybridized carbons (Fsp3) is 0.357. The lowest BCUT2D eigenvalue weighted by molar-refractivity contribution is -0.147. The van der Waals surface area contributed by atoms with Crippen LogP contribution < -0.4 is 10.1 Å². The molecule has 0 aliphatic rings. The Hall–Kier alpha value is -2.57. The lowest BCUT2D eigenvalue weighted by Gasteiger charge is -2.13. The van der Waals surface area contributed by atoms with Crippen molar-refractivity contribution >= 4 is 17.8 Å². The van der Waals surface area contributed by atoms with Crippen LogP contribution in [0.15, 0.2) is 18.2 Å². The van der Waals surface area contributed by atoms with Gasteiger partial charge in [-0.3, -0.25) is 9.59 Å². The van der Waals surface area contributed by atoms with E-state index < -0.39 is 30.3 Å². The molecule has 0 heterocycles. The quantitative estimate of drug-likeness (QED) is 0.683. The highest BCUT2D eigenvalue weighted by atomic mass is 16.5. The van der Waals surface area contributed by atoms with Crippen LogP contribution in [-0.4, -0.2) is 40.7 Å². The van der Waals surface area contributed by atoms with Crippen LogP contribution in [-0.2, 0) is 14.4 Å². The molecule has 0 bridgehead atoms. The first-order valence-corrected chi connectivity index (χ1v) is 6.23. The fourth-order valence-corrected chi connectivity index (χ4v) is 1.56. The molecule has 1 atom stereocenters. The number of ether oxygens (including phenoxy) is 1. The van der Waals surface area contributed by atoms with E-state index >= 15 is 0 Å². The maximum atomic E-state index is 11.6. The van der Waals surface area contributed by atoms with Crippen LogP contribution in [0.25, 0.3) is 0 Å². The summed E-state index contributed by atoms with van der Waals surface area (Å²) in [5.74, 6) is -2.92. The SMILES string of the molecule is Cc1ccc(OCC(=O)N[C@@H](CC(=O)O)C(=O)O)cc1C. The Labute approximate surface area is 121 Å². The molecule has 3 N–H and O–H groups in total. The third-order valence-electron chi connectivity index (χ3n) is 2.86. The summed E-state index contributed by atoms with van der Waals surface area (Å²) >= 11 is 0. The summed E-state index contributed by atoms with van der Waals surface area (Å²) in [6.45, 7) is 3.46. The smallest absolute Gasteiger partial charge is 0.326 e. The third-order valence-corrected chi connectivity index (χ3v) is 2.86. The number of carbonyl (C=O) groups is 3. The van der Waals surface area contributed by atoms with E-state index in [-0.39, 0.29) is 6.61 Å². The molecule has 0 spiro atoms. The molecule has 1 rings (SSSR count). The Morgan fingerprint density at radius 1 is 1.19 bits per heavy atom. The second-order valence-corrected chi connectivity index (χ2v) is 4.59. The van der Waals surface area contributed by atoms with Gasteiger partial charge >= 0.3 is 11.9 Å². The number of rotatable bonds is 7. The van der Waals surface area contributed by atoms with Gasteiger partial charge in [0, 0.05) is 0 Å². The lowest BCUT2D eigenvalue weighted by Crippen LogP contribution is -2.44. The molecule has 0 saturated heterocycles. The van der Waals surface area contributed by atoms with E-state index in [4.69, 9.17) is 14.9 Å². The van der Waals surface area contributed by atoms with Crippen molar-refractivity contribution in [3.63, 3.8) is 0 Å². The first-order valence-electron chi connectivity index (χ1n) is 6.23. The Kier molecular flexibility index (Phi) is 5.71. The highest BCUT2D eigenvalue weighted by Crippen LogP contribution is 2.16. The lowest BCUT2D eigenvalue weighted by atomic mass is 10.1. The van der Waals surface area contributed by atoms with Gasteiger partial charge in [-0.15, -0.1) is 0 Å². The van der Waals surface area contributed by atoms with E-state index in [2.05, 4.69) is 5.32 Å². The van der Waals surface area contributed by atoms with Crippen LogP contribution in [0.1, 0.15) is 17.5 Å². The minimum atomic E-state index is -1.47. The normalized spacial score (nSPS) is 11.5. The molecule has 7 heteroatoms. The first kappa shape index (κ1) is 16.5. The number of benzene rings is 1. The van der Waals surface area contributed by atoms with Crippen LogP contribution in [0.2, 0.25) is 0 Å². The number of hydrogen-bond acceptors (Lipinski definition) is 4. The fourth-order valence-electron chi connectivity index (χ4n) is 1.56. The molecule has 114 valence electrons. The molecule has 0 radical (unpaired) electrons. The average Bonchev–Trinajstić information content (AvgIpc) is 2.38. The number of aliphatic carboxylic acids is 2. The number of hydrogen-bond donors (Lipinski definition) is 3. The summed E-state index contributed by atoms with van der Waals surface area (Å²) in [5, 5.41) is 19.5. The van der Waals surface area contributed by atoms with E-state index in [0.717, 1.165) is 11.1 Å². The minimum absolute atomic E-state index is 0.383. The van der Waals surface area contributed by atoms with E-state index in [9.17, 15) is 14.4 Å². The molecule has 0 aromatic heterocycles.